The number of sulfonamides is 1. The molecule has 1 saturated carbocycles. The van der Waals surface area contributed by atoms with Crippen LogP contribution in [0.15, 0.2) is 0 Å². The van der Waals surface area contributed by atoms with Gasteiger partial charge in [0.15, 0.2) is 0 Å². The van der Waals surface area contributed by atoms with E-state index in [1.165, 1.54) is 4.31 Å². The van der Waals surface area contributed by atoms with Gasteiger partial charge in [-0.05, 0) is 19.8 Å². The van der Waals surface area contributed by atoms with Crippen LogP contribution >= 0.6 is 0 Å². The second-order valence-electron chi connectivity index (χ2n) is 6.31. The summed E-state index contributed by atoms with van der Waals surface area (Å²) in [6, 6.07) is -0.0650. The Hall–Kier alpha value is -1.35. The standard InChI is InChI=1S/C15H27N3O5S/c1-3-23-15(20)17-10-8-16(9-11-17)14(19)12-18(24(2,21)22)13-6-4-5-7-13/h13H,3-12H2,1-2H3. The van der Waals surface area contributed by atoms with Gasteiger partial charge in [0.1, 0.15) is 0 Å². The van der Waals surface area contributed by atoms with Gasteiger partial charge >= 0.3 is 6.09 Å². The number of nitrogens with zero attached hydrogens (tertiary/aromatic N) is 3. The summed E-state index contributed by atoms with van der Waals surface area (Å²) in [5.41, 5.74) is 0. The highest BCUT2D eigenvalue weighted by molar-refractivity contribution is 7.88. The van der Waals surface area contributed by atoms with Crippen molar-refractivity contribution in [3.05, 3.63) is 0 Å². The predicted octanol–water partition coefficient (Wildman–Crippen LogP) is 0.491. The largest absolute Gasteiger partial charge is 0.450 e. The van der Waals surface area contributed by atoms with Gasteiger partial charge in [-0.2, -0.15) is 4.31 Å². The summed E-state index contributed by atoms with van der Waals surface area (Å²) in [6.07, 6.45) is 4.44. The number of hydrogen-bond donors (Lipinski definition) is 0. The Bertz CT molecular complexity index is 551. The van der Waals surface area contributed by atoms with Gasteiger partial charge in [-0.15, -0.1) is 0 Å². The van der Waals surface area contributed by atoms with Crippen LogP contribution in [0.5, 0.6) is 0 Å². The Morgan fingerprint density at radius 3 is 2.12 bits per heavy atom. The van der Waals surface area contributed by atoms with Crippen molar-refractivity contribution in [2.24, 2.45) is 0 Å². The van der Waals surface area contributed by atoms with E-state index in [-0.39, 0.29) is 24.6 Å². The van der Waals surface area contributed by atoms with Gasteiger partial charge in [0.2, 0.25) is 15.9 Å². The predicted molar refractivity (Wildman–Crippen MR) is 89.0 cm³/mol. The lowest BCUT2D eigenvalue weighted by atomic mass is 10.2. The monoisotopic (exact) mass is 361 g/mol. The van der Waals surface area contributed by atoms with Crippen LogP contribution in [-0.2, 0) is 19.6 Å². The second-order valence-corrected chi connectivity index (χ2v) is 8.25. The lowest BCUT2D eigenvalue weighted by Crippen LogP contribution is -2.54. The molecule has 2 fully saturated rings. The van der Waals surface area contributed by atoms with E-state index in [0.717, 1.165) is 31.9 Å². The smallest absolute Gasteiger partial charge is 0.409 e. The molecule has 0 aromatic carbocycles. The van der Waals surface area contributed by atoms with Crippen molar-refractivity contribution in [3.8, 4) is 0 Å². The third-order valence-corrected chi connectivity index (χ3v) is 5.89. The van der Waals surface area contributed by atoms with Gasteiger partial charge in [-0.25, -0.2) is 13.2 Å². The summed E-state index contributed by atoms with van der Waals surface area (Å²) in [5, 5.41) is 0. The molecular formula is C15H27N3O5S. The number of carbonyl (C=O) groups excluding carboxylic acids is 2. The van der Waals surface area contributed by atoms with Crippen molar-refractivity contribution >= 4 is 22.0 Å². The molecular weight excluding hydrogens is 334 g/mol. The van der Waals surface area contributed by atoms with Crippen LogP contribution in [0, 0.1) is 0 Å². The molecule has 1 aliphatic heterocycles. The highest BCUT2D eigenvalue weighted by Crippen LogP contribution is 2.25. The molecule has 1 heterocycles. The van der Waals surface area contributed by atoms with Crippen molar-refractivity contribution < 1.29 is 22.7 Å². The fraction of sp³-hybridized carbons (Fsp3) is 0.867. The zero-order valence-electron chi connectivity index (χ0n) is 14.4. The summed E-state index contributed by atoms with van der Waals surface area (Å²) in [7, 11) is -3.41. The van der Waals surface area contributed by atoms with E-state index in [1.807, 2.05) is 0 Å². The van der Waals surface area contributed by atoms with E-state index in [2.05, 4.69) is 0 Å². The van der Waals surface area contributed by atoms with Gasteiger partial charge in [0.25, 0.3) is 0 Å². The Kier molecular flexibility index (Phi) is 6.45. The fourth-order valence-corrected chi connectivity index (χ4v) is 4.39. The maximum atomic E-state index is 12.5. The normalized spacial score (nSPS) is 19.8. The van der Waals surface area contributed by atoms with E-state index in [0.29, 0.717) is 32.8 Å². The minimum Gasteiger partial charge on any atom is -0.450 e. The molecule has 1 saturated heterocycles. The number of piperazine rings is 1. The van der Waals surface area contributed by atoms with Crippen LogP contribution in [0.25, 0.3) is 0 Å². The molecule has 2 aliphatic rings. The Morgan fingerprint density at radius 1 is 1.08 bits per heavy atom. The Morgan fingerprint density at radius 2 is 1.62 bits per heavy atom. The molecule has 0 unspecified atom stereocenters. The zero-order valence-corrected chi connectivity index (χ0v) is 15.3. The van der Waals surface area contributed by atoms with Crippen molar-refractivity contribution in [2.45, 2.75) is 38.6 Å². The third kappa shape index (κ3) is 4.83. The van der Waals surface area contributed by atoms with Crippen LogP contribution in [-0.4, -0.2) is 86.2 Å². The highest BCUT2D eigenvalue weighted by Gasteiger charge is 2.33. The van der Waals surface area contributed by atoms with Crippen molar-refractivity contribution in [1.82, 2.24) is 14.1 Å². The molecule has 8 nitrogen and oxygen atoms in total. The topological polar surface area (TPSA) is 87.2 Å². The van der Waals surface area contributed by atoms with E-state index in [1.54, 1.807) is 16.7 Å². The van der Waals surface area contributed by atoms with E-state index < -0.39 is 10.0 Å². The van der Waals surface area contributed by atoms with Gasteiger partial charge in [0.05, 0.1) is 19.4 Å². The quantitative estimate of drug-likeness (QED) is 0.711. The van der Waals surface area contributed by atoms with Crippen molar-refractivity contribution in [1.29, 1.82) is 0 Å². The Labute approximate surface area is 143 Å². The fourth-order valence-electron chi connectivity index (χ4n) is 3.30. The van der Waals surface area contributed by atoms with Crippen LogP contribution in [0.3, 0.4) is 0 Å². The zero-order chi connectivity index (χ0) is 17.7. The molecule has 0 aromatic heterocycles. The Balaban J connectivity index is 1.91. The minimum atomic E-state index is -3.41. The summed E-state index contributed by atoms with van der Waals surface area (Å²) in [4.78, 5) is 27.4. The molecule has 0 atom stereocenters. The average molecular weight is 361 g/mol. The maximum Gasteiger partial charge on any atom is 0.409 e. The molecule has 0 bridgehead atoms. The van der Waals surface area contributed by atoms with Crippen LogP contribution in [0.2, 0.25) is 0 Å². The summed E-state index contributed by atoms with van der Waals surface area (Å²) in [5.74, 6) is -0.198. The molecule has 2 amide bonds. The summed E-state index contributed by atoms with van der Waals surface area (Å²) in [6.45, 7) is 3.59. The molecule has 0 radical (unpaired) electrons. The van der Waals surface area contributed by atoms with E-state index in [9.17, 15) is 18.0 Å². The first kappa shape index (κ1) is 19.0. The molecule has 0 aromatic rings. The number of ether oxygens (including phenoxy) is 1. The molecule has 1 aliphatic carbocycles. The van der Waals surface area contributed by atoms with Crippen LogP contribution in [0.4, 0.5) is 4.79 Å². The first-order chi connectivity index (χ1) is 11.3. The average Bonchev–Trinajstić information content (AvgIpc) is 3.05. The number of rotatable bonds is 5. The van der Waals surface area contributed by atoms with Crippen LogP contribution in [0.1, 0.15) is 32.6 Å². The molecule has 0 N–H and O–H groups in total. The van der Waals surface area contributed by atoms with E-state index in [4.69, 9.17) is 4.74 Å². The van der Waals surface area contributed by atoms with E-state index >= 15 is 0 Å². The van der Waals surface area contributed by atoms with Gasteiger partial charge < -0.3 is 14.5 Å². The number of amides is 2. The lowest BCUT2D eigenvalue weighted by Gasteiger charge is -2.35. The van der Waals surface area contributed by atoms with Crippen molar-refractivity contribution in [2.75, 3.05) is 45.6 Å². The van der Waals surface area contributed by atoms with Crippen molar-refractivity contribution in [3.63, 3.8) is 0 Å². The molecule has 9 heteroatoms. The third-order valence-electron chi connectivity index (χ3n) is 4.61. The minimum absolute atomic E-state index is 0.0650. The number of carbonyl (C=O) groups is 2. The molecule has 24 heavy (non-hydrogen) atoms. The first-order valence-electron chi connectivity index (χ1n) is 8.49. The first-order valence-corrected chi connectivity index (χ1v) is 10.3. The van der Waals surface area contributed by atoms with Gasteiger partial charge in [-0.1, -0.05) is 12.8 Å². The highest BCUT2D eigenvalue weighted by atomic mass is 32.2. The molecule has 138 valence electrons. The lowest BCUT2D eigenvalue weighted by molar-refractivity contribution is -0.133. The summed E-state index contributed by atoms with van der Waals surface area (Å²) < 4.78 is 30.4. The molecule has 0 spiro atoms. The maximum absolute atomic E-state index is 12.5. The number of hydrogen-bond acceptors (Lipinski definition) is 5. The van der Waals surface area contributed by atoms with Gasteiger partial charge in [-0.3, -0.25) is 4.79 Å². The molecule has 2 rings (SSSR count). The van der Waals surface area contributed by atoms with Crippen LogP contribution < -0.4 is 0 Å². The summed E-state index contributed by atoms with van der Waals surface area (Å²) >= 11 is 0. The second kappa shape index (κ2) is 8.15. The SMILES string of the molecule is CCOC(=O)N1CCN(C(=O)CN(C2CCCC2)S(C)(=O)=O)CC1. The van der Waals surface area contributed by atoms with Gasteiger partial charge in [0, 0.05) is 32.2 Å².